The van der Waals surface area contributed by atoms with Gasteiger partial charge >= 0.3 is 0 Å². The lowest BCUT2D eigenvalue weighted by Gasteiger charge is -2.11. The second-order valence-electron chi connectivity index (χ2n) is 5.20. The van der Waals surface area contributed by atoms with Crippen LogP contribution in [0.1, 0.15) is 12.8 Å². The van der Waals surface area contributed by atoms with E-state index in [1.807, 2.05) is 10.3 Å². The van der Waals surface area contributed by atoms with Crippen LogP contribution in [-0.2, 0) is 24.7 Å². The SMILES string of the molecule is O=C(C[C@@H]1CCS(=O)(=O)C1)NNS(=O)(=O)c1ccc(F)cc1Cl. The Kier molecular flexibility index (Phi) is 5.29. The third kappa shape index (κ3) is 4.87. The molecule has 0 bridgehead atoms. The summed E-state index contributed by atoms with van der Waals surface area (Å²) in [6.45, 7) is 0. The van der Waals surface area contributed by atoms with Crippen molar-refractivity contribution >= 4 is 37.4 Å². The van der Waals surface area contributed by atoms with E-state index in [9.17, 15) is 26.0 Å². The molecule has 0 spiro atoms. The normalized spacial score (nSPS) is 20.3. The fourth-order valence-corrected chi connectivity index (χ4v) is 5.47. The molecule has 1 aliphatic rings. The van der Waals surface area contributed by atoms with Crippen molar-refractivity contribution in [3.8, 4) is 0 Å². The highest BCUT2D eigenvalue weighted by atomic mass is 35.5. The smallest absolute Gasteiger partial charge is 0.258 e. The summed E-state index contributed by atoms with van der Waals surface area (Å²) in [7, 11) is -7.27. The zero-order valence-corrected chi connectivity index (χ0v) is 14.1. The maximum atomic E-state index is 12.9. The number of hydrogen-bond donors (Lipinski definition) is 2. The zero-order valence-electron chi connectivity index (χ0n) is 11.8. The second-order valence-corrected chi connectivity index (χ2v) is 9.49. The first kappa shape index (κ1) is 18.1. The van der Waals surface area contributed by atoms with Gasteiger partial charge in [-0.15, -0.1) is 4.83 Å². The highest BCUT2D eigenvalue weighted by Gasteiger charge is 2.29. The zero-order chi connectivity index (χ0) is 17.3. The molecule has 7 nitrogen and oxygen atoms in total. The molecule has 2 N–H and O–H groups in total. The summed E-state index contributed by atoms with van der Waals surface area (Å²) in [6, 6.07) is 2.72. The predicted molar refractivity (Wildman–Crippen MR) is 81.3 cm³/mol. The molecule has 23 heavy (non-hydrogen) atoms. The molecule has 1 fully saturated rings. The number of rotatable bonds is 5. The summed E-state index contributed by atoms with van der Waals surface area (Å²) in [5, 5.41) is -0.325. The molecule has 1 amide bonds. The molecule has 1 atom stereocenters. The topological polar surface area (TPSA) is 109 Å². The van der Waals surface area contributed by atoms with Crippen molar-refractivity contribution in [2.45, 2.75) is 17.7 Å². The number of sulfonamides is 1. The van der Waals surface area contributed by atoms with Gasteiger partial charge in [-0.1, -0.05) is 11.6 Å². The molecule has 0 radical (unpaired) electrons. The van der Waals surface area contributed by atoms with Gasteiger partial charge in [-0.3, -0.25) is 10.2 Å². The molecule has 1 aromatic carbocycles. The van der Waals surface area contributed by atoms with Crippen LogP contribution in [0, 0.1) is 11.7 Å². The molecule has 1 aromatic rings. The van der Waals surface area contributed by atoms with Crippen LogP contribution in [0.25, 0.3) is 0 Å². The van der Waals surface area contributed by atoms with Crippen molar-refractivity contribution in [2.24, 2.45) is 5.92 Å². The highest BCUT2D eigenvalue weighted by molar-refractivity contribution is 7.91. The quantitative estimate of drug-likeness (QED) is 0.723. The summed E-state index contributed by atoms with van der Waals surface area (Å²) in [4.78, 5) is 13.2. The average Bonchev–Trinajstić information content (AvgIpc) is 2.75. The number of carbonyl (C=O) groups excluding carboxylic acids is 1. The number of benzene rings is 1. The van der Waals surface area contributed by atoms with E-state index in [2.05, 4.69) is 0 Å². The van der Waals surface area contributed by atoms with Crippen molar-refractivity contribution in [3.63, 3.8) is 0 Å². The Bertz CT molecular complexity index is 826. The van der Waals surface area contributed by atoms with Crippen molar-refractivity contribution in [1.29, 1.82) is 0 Å². The van der Waals surface area contributed by atoms with Gasteiger partial charge in [0.1, 0.15) is 10.7 Å². The minimum atomic E-state index is -4.16. The Morgan fingerprint density at radius 1 is 1.39 bits per heavy atom. The molecule has 2 rings (SSSR count). The third-order valence-electron chi connectivity index (χ3n) is 3.31. The Morgan fingerprint density at radius 3 is 2.65 bits per heavy atom. The standard InChI is InChI=1S/C12H14ClFN2O5S2/c13-10-6-9(14)1-2-11(10)23(20,21)16-15-12(17)5-8-3-4-22(18,19)7-8/h1-2,6,8,16H,3-5,7H2,(H,15,17)/t8-/m0/s1. The van der Waals surface area contributed by atoms with Crippen LogP contribution < -0.4 is 10.3 Å². The van der Waals surface area contributed by atoms with E-state index in [0.717, 1.165) is 18.2 Å². The maximum absolute atomic E-state index is 12.9. The van der Waals surface area contributed by atoms with Gasteiger partial charge in [-0.2, -0.15) is 0 Å². The van der Waals surface area contributed by atoms with E-state index in [0.29, 0.717) is 6.42 Å². The summed E-state index contributed by atoms with van der Waals surface area (Å²) < 4.78 is 59.5. The lowest BCUT2D eigenvalue weighted by molar-refractivity contribution is -0.122. The number of nitrogens with one attached hydrogen (secondary N) is 2. The fourth-order valence-electron chi connectivity index (χ4n) is 2.22. The van der Waals surface area contributed by atoms with Crippen LogP contribution in [0.3, 0.4) is 0 Å². The van der Waals surface area contributed by atoms with Crippen molar-refractivity contribution in [1.82, 2.24) is 10.3 Å². The van der Waals surface area contributed by atoms with E-state index in [-0.39, 0.29) is 33.8 Å². The van der Waals surface area contributed by atoms with E-state index < -0.39 is 31.6 Å². The van der Waals surface area contributed by atoms with Gasteiger partial charge in [-0.05, 0) is 30.5 Å². The molecular formula is C12H14ClFN2O5S2. The molecule has 128 valence electrons. The average molecular weight is 385 g/mol. The molecule has 0 aromatic heterocycles. The number of halogens is 2. The van der Waals surface area contributed by atoms with Gasteiger partial charge in [0.25, 0.3) is 10.0 Å². The summed E-state index contributed by atoms with van der Waals surface area (Å²) in [6.07, 6.45) is 0.255. The number of amides is 1. The Balaban J connectivity index is 1.95. The van der Waals surface area contributed by atoms with E-state index >= 15 is 0 Å². The Labute approximate surface area is 138 Å². The van der Waals surface area contributed by atoms with Crippen molar-refractivity contribution in [2.75, 3.05) is 11.5 Å². The molecule has 0 unspecified atom stereocenters. The monoisotopic (exact) mass is 384 g/mol. The Hall–Kier alpha value is -1.23. The Morgan fingerprint density at radius 2 is 2.09 bits per heavy atom. The molecule has 11 heteroatoms. The minimum Gasteiger partial charge on any atom is -0.278 e. The first-order valence-corrected chi connectivity index (χ1v) is 10.2. The highest BCUT2D eigenvalue weighted by Crippen LogP contribution is 2.22. The van der Waals surface area contributed by atoms with Gasteiger partial charge in [0.15, 0.2) is 9.84 Å². The lowest BCUT2D eigenvalue weighted by atomic mass is 10.1. The van der Waals surface area contributed by atoms with Crippen molar-refractivity contribution in [3.05, 3.63) is 29.0 Å². The van der Waals surface area contributed by atoms with Crippen molar-refractivity contribution < 1.29 is 26.0 Å². The van der Waals surface area contributed by atoms with Gasteiger partial charge in [0.05, 0.1) is 16.5 Å². The van der Waals surface area contributed by atoms with Gasteiger partial charge in [0.2, 0.25) is 5.91 Å². The molecule has 1 heterocycles. The maximum Gasteiger partial charge on any atom is 0.258 e. The molecular weight excluding hydrogens is 371 g/mol. The van der Waals surface area contributed by atoms with E-state index in [1.54, 1.807) is 0 Å². The van der Waals surface area contributed by atoms with Gasteiger partial charge < -0.3 is 0 Å². The van der Waals surface area contributed by atoms with Crippen LogP contribution in [-0.4, -0.2) is 34.2 Å². The molecule has 0 aliphatic carbocycles. The summed E-state index contributed by atoms with van der Waals surface area (Å²) in [5.74, 6) is -1.74. The number of sulfone groups is 1. The molecule has 1 aliphatic heterocycles. The van der Waals surface area contributed by atoms with Crippen LogP contribution in [0.5, 0.6) is 0 Å². The molecule has 1 saturated heterocycles. The van der Waals surface area contributed by atoms with Gasteiger partial charge in [-0.25, -0.2) is 21.2 Å². The van der Waals surface area contributed by atoms with Gasteiger partial charge in [0, 0.05) is 6.42 Å². The second kappa shape index (κ2) is 6.71. The minimum absolute atomic E-state index is 0.0296. The number of hydrogen-bond acceptors (Lipinski definition) is 5. The summed E-state index contributed by atoms with van der Waals surface area (Å²) >= 11 is 5.66. The lowest BCUT2D eigenvalue weighted by Crippen LogP contribution is -2.42. The van der Waals surface area contributed by atoms with Crippen LogP contribution in [0.2, 0.25) is 5.02 Å². The van der Waals surface area contributed by atoms with E-state index in [1.165, 1.54) is 0 Å². The fraction of sp³-hybridized carbons (Fsp3) is 0.417. The number of hydrazine groups is 1. The predicted octanol–water partition coefficient (Wildman–Crippen LogP) is 0.613. The largest absolute Gasteiger partial charge is 0.278 e. The van der Waals surface area contributed by atoms with Crippen LogP contribution in [0.4, 0.5) is 4.39 Å². The van der Waals surface area contributed by atoms with E-state index in [4.69, 9.17) is 11.6 Å². The summed E-state index contributed by atoms with van der Waals surface area (Å²) in [5.41, 5.74) is 1.99. The van der Waals surface area contributed by atoms with Crippen LogP contribution >= 0.6 is 11.6 Å². The first-order chi connectivity index (χ1) is 10.6. The third-order valence-corrected chi connectivity index (χ3v) is 6.88. The first-order valence-electron chi connectivity index (χ1n) is 6.55. The molecule has 0 saturated carbocycles. The number of carbonyl (C=O) groups is 1. The van der Waals surface area contributed by atoms with Crippen LogP contribution in [0.15, 0.2) is 23.1 Å².